The summed E-state index contributed by atoms with van der Waals surface area (Å²) in [4.78, 5) is 23.6. The van der Waals surface area contributed by atoms with E-state index in [0.717, 1.165) is 5.56 Å². The average Bonchev–Trinajstić information content (AvgIpc) is 2.58. The first-order chi connectivity index (χ1) is 11.1. The number of hydrogen-bond acceptors (Lipinski definition) is 4. The Hall–Kier alpha value is -2.53. The highest BCUT2D eigenvalue weighted by atomic mass is 35.5. The SMILES string of the molecule is COC(=O)c1ccccc1NCC(=O)NCc1ccccc1Cl. The monoisotopic (exact) mass is 332 g/mol. The predicted molar refractivity (Wildman–Crippen MR) is 89.6 cm³/mol. The molecule has 5 nitrogen and oxygen atoms in total. The highest BCUT2D eigenvalue weighted by molar-refractivity contribution is 6.31. The van der Waals surface area contributed by atoms with Gasteiger partial charge in [-0.1, -0.05) is 41.9 Å². The van der Waals surface area contributed by atoms with E-state index < -0.39 is 5.97 Å². The minimum Gasteiger partial charge on any atom is -0.465 e. The van der Waals surface area contributed by atoms with Crippen molar-refractivity contribution in [1.82, 2.24) is 5.32 Å². The molecule has 0 spiro atoms. The minimum absolute atomic E-state index is 0.0401. The average molecular weight is 333 g/mol. The van der Waals surface area contributed by atoms with Crippen LogP contribution in [0.15, 0.2) is 48.5 Å². The van der Waals surface area contributed by atoms with Gasteiger partial charge < -0.3 is 15.4 Å². The Morgan fingerprint density at radius 2 is 1.78 bits per heavy atom. The quantitative estimate of drug-likeness (QED) is 0.798. The summed E-state index contributed by atoms with van der Waals surface area (Å²) in [5.41, 5.74) is 1.78. The fraction of sp³-hybridized carbons (Fsp3) is 0.176. The first-order valence-electron chi connectivity index (χ1n) is 7.03. The van der Waals surface area contributed by atoms with Gasteiger partial charge in [-0.25, -0.2) is 4.79 Å². The van der Waals surface area contributed by atoms with Crippen molar-refractivity contribution in [2.75, 3.05) is 19.0 Å². The minimum atomic E-state index is -0.454. The van der Waals surface area contributed by atoms with E-state index in [2.05, 4.69) is 10.6 Å². The van der Waals surface area contributed by atoms with Crippen LogP contribution in [0.3, 0.4) is 0 Å². The molecule has 0 aromatic heterocycles. The van der Waals surface area contributed by atoms with Crippen LogP contribution in [-0.2, 0) is 16.1 Å². The van der Waals surface area contributed by atoms with Crippen LogP contribution in [-0.4, -0.2) is 25.5 Å². The normalized spacial score (nSPS) is 10.0. The van der Waals surface area contributed by atoms with Crippen LogP contribution in [0.4, 0.5) is 5.69 Å². The van der Waals surface area contributed by atoms with Crippen molar-refractivity contribution in [3.63, 3.8) is 0 Å². The number of anilines is 1. The Bertz CT molecular complexity index is 704. The van der Waals surface area contributed by atoms with Gasteiger partial charge in [0.2, 0.25) is 5.91 Å². The molecule has 2 aromatic rings. The van der Waals surface area contributed by atoms with Crippen molar-refractivity contribution in [3.05, 3.63) is 64.7 Å². The van der Waals surface area contributed by atoms with Gasteiger partial charge in [-0.05, 0) is 23.8 Å². The summed E-state index contributed by atoms with van der Waals surface area (Å²) in [5, 5.41) is 6.31. The number of hydrogen-bond donors (Lipinski definition) is 2. The highest BCUT2D eigenvalue weighted by Crippen LogP contribution is 2.16. The van der Waals surface area contributed by atoms with Crippen LogP contribution in [0.25, 0.3) is 0 Å². The molecule has 6 heteroatoms. The largest absolute Gasteiger partial charge is 0.465 e. The van der Waals surface area contributed by atoms with Gasteiger partial charge in [0.1, 0.15) is 0 Å². The van der Waals surface area contributed by atoms with Crippen LogP contribution >= 0.6 is 11.6 Å². The van der Waals surface area contributed by atoms with E-state index >= 15 is 0 Å². The van der Waals surface area contributed by atoms with Gasteiger partial charge in [0.25, 0.3) is 0 Å². The molecule has 0 fully saturated rings. The maximum absolute atomic E-state index is 11.9. The number of nitrogens with one attached hydrogen (secondary N) is 2. The second kappa shape index (κ2) is 8.19. The lowest BCUT2D eigenvalue weighted by atomic mass is 10.2. The van der Waals surface area contributed by atoms with Crippen LogP contribution in [0.1, 0.15) is 15.9 Å². The molecular formula is C17H17ClN2O3. The summed E-state index contributed by atoms with van der Waals surface area (Å²) in [5.74, 6) is -0.658. The molecule has 1 amide bonds. The molecule has 0 aliphatic heterocycles. The third-order valence-corrected chi connectivity index (χ3v) is 3.57. The fourth-order valence-electron chi connectivity index (χ4n) is 2.00. The Kier molecular flexibility index (Phi) is 6.00. The summed E-state index contributed by atoms with van der Waals surface area (Å²) < 4.78 is 4.71. The molecule has 2 rings (SSSR count). The molecule has 2 N–H and O–H groups in total. The summed E-state index contributed by atoms with van der Waals surface area (Å²) in [6.45, 7) is 0.386. The van der Waals surface area contributed by atoms with E-state index in [1.54, 1.807) is 30.3 Å². The molecule has 0 heterocycles. The molecule has 0 saturated heterocycles. The second-order valence-electron chi connectivity index (χ2n) is 4.76. The van der Waals surface area contributed by atoms with Crippen LogP contribution in [0, 0.1) is 0 Å². The summed E-state index contributed by atoms with van der Waals surface area (Å²) in [6.07, 6.45) is 0. The van der Waals surface area contributed by atoms with Gasteiger partial charge in [-0.3, -0.25) is 4.79 Å². The number of amides is 1. The Morgan fingerprint density at radius 3 is 2.52 bits per heavy atom. The maximum Gasteiger partial charge on any atom is 0.339 e. The zero-order chi connectivity index (χ0) is 16.7. The van der Waals surface area contributed by atoms with Gasteiger partial charge in [0.15, 0.2) is 0 Å². The van der Waals surface area contributed by atoms with E-state index in [9.17, 15) is 9.59 Å². The Balaban J connectivity index is 1.90. The van der Waals surface area contributed by atoms with Crippen molar-refractivity contribution >= 4 is 29.2 Å². The number of esters is 1. The first-order valence-corrected chi connectivity index (χ1v) is 7.41. The number of rotatable bonds is 6. The summed E-state index contributed by atoms with van der Waals surface area (Å²) >= 11 is 6.03. The van der Waals surface area contributed by atoms with E-state index in [1.807, 2.05) is 18.2 Å². The third-order valence-electron chi connectivity index (χ3n) is 3.21. The van der Waals surface area contributed by atoms with Crippen molar-refractivity contribution in [2.24, 2.45) is 0 Å². The Morgan fingerprint density at radius 1 is 1.09 bits per heavy atom. The van der Waals surface area contributed by atoms with E-state index in [4.69, 9.17) is 16.3 Å². The molecule has 2 aromatic carbocycles. The van der Waals surface area contributed by atoms with Crippen LogP contribution in [0.2, 0.25) is 5.02 Å². The predicted octanol–water partition coefficient (Wildman–Crippen LogP) is 2.85. The molecule has 0 aliphatic carbocycles. The van der Waals surface area contributed by atoms with Crippen molar-refractivity contribution in [3.8, 4) is 0 Å². The second-order valence-corrected chi connectivity index (χ2v) is 5.17. The number of carbonyl (C=O) groups is 2. The topological polar surface area (TPSA) is 67.4 Å². The van der Waals surface area contributed by atoms with Crippen molar-refractivity contribution in [2.45, 2.75) is 6.54 Å². The number of methoxy groups -OCH3 is 1. The van der Waals surface area contributed by atoms with Gasteiger partial charge in [0.05, 0.1) is 19.2 Å². The molecule has 120 valence electrons. The zero-order valence-corrected chi connectivity index (χ0v) is 13.4. The molecule has 0 saturated carbocycles. The lowest BCUT2D eigenvalue weighted by Crippen LogP contribution is -2.29. The van der Waals surface area contributed by atoms with Gasteiger partial charge >= 0.3 is 5.97 Å². The third kappa shape index (κ3) is 4.72. The lowest BCUT2D eigenvalue weighted by Gasteiger charge is -2.11. The van der Waals surface area contributed by atoms with Crippen LogP contribution < -0.4 is 10.6 Å². The summed E-state index contributed by atoms with van der Waals surface area (Å²) in [7, 11) is 1.31. The molecule has 0 radical (unpaired) electrons. The fourth-order valence-corrected chi connectivity index (χ4v) is 2.20. The molecule has 0 bridgehead atoms. The van der Waals surface area contributed by atoms with Crippen LogP contribution in [0.5, 0.6) is 0 Å². The van der Waals surface area contributed by atoms with E-state index in [0.29, 0.717) is 22.8 Å². The van der Waals surface area contributed by atoms with E-state index in [1.165, 1.54) is 7.11 Å². The van der Waals surface area contributed by atoms with Gasteiger partial charge in [0, 0.05) is 17.3 Å². The Labute approximate surface area is 139 Å². The molecule has 0 aliphatic rings. The molecule has 0 unspecified atom stereocenters. The maximum atomic E-state index is 11.9. The standard InChI is InChI=1S/C17H17ClN2O3/c1-23-17(22)13-7-3-5-9-15(13)19-11-16(21)20-10-12-6-2-4-8-14(12)18/h2-9,19H,10-11H2,1H3,(H,20,21). The number of ether oxygens (including phenoxy) is 1. The number of para-hydroxylation sites is 1. The molecule has 0 atom stereocenters. The van der Waals surface area contributed by atoms with E-state index in [-0.39, 0.29) is 12.5 Å². The highest BCUT2D eigenvalue weighted by Gasteiger charge is 2.11. The zero-order valence-electron chi connectivity index (χ0n) is 12.6. The van der Waals surface area contributed by atoms with Crippen molar-refractivity contribution < 1.29 is 14.3 Å². The molecule has 23 heavy (non-hydrogen) atoms. The summed E-state index contributed by atoms with van der Waals surface area (Å²) in [6, 6.07) is 14.2. The molecular weight excluding hydrogens is 316 g/mol. The number of halogens is 1. The first kappa shape index (κ1) is 16.8. The van der Waals surface area contributed by atoms with Gasteiger partial charge in [-0.2, -0.15) is 0 Å². The van der Waals surface area contributed by atoms with Gasteiger partial charge in [-0.15, -0.1) is 0 Å². The number of benzene rings is 2. The smallest absolute Gasteiger partial charge is 0.339 e. The lowest BCUT2D eigenvalue weighted by molar-refractivity contribution is -0.119. The van der Waals surface area contributed by atoms with Crippen molar-refractivity contribution in [1.29, 1.82) is 0 Å². The number of carbonyl (C=O) groups excluding carboxylic acids is 2.